The zero-order valence-corrected chi connectivity index (χ0v) is 13.1. The molecular weight excluding hydrogens is 295 g/mol. The van der Waals surface area contributed by atoms with Crippen LogP contribution in [0.25, 0.3) is 0 Å². The Balaban J connectivity index is 2.07. The number of alkyl halides is 3. The summed E-state index contributed by atoms with van der Waals surface area (Å²) >= 11 is 0. The van der Waals surface area contributed by atoms with Gasteiger partial charge in [-0.3, -0.25) is 4.90 Å². The highest BCUT2D eigenvalue weighted by Crippen LogP contribution is 2.29. The number of nitrogens with two attached hydrogens (primary N) is 1. The lowest BCUT2D eigenvalue weighted by molar-refractivity contribution is -0.141. The highest BCUT2D eigenvalue weighted by atomic mass is 19.4. The van der Waals surface area contributed by atoms with E-state index < -0.39 is 11.9 Å². The van der Waals surface area contributed by atoms with Gasteiger partial charge in [0.05, 0.1) is 0 Å². The molecule has 2 rings (SSSR count). The zero-order valence-electron chi connectivity index (χ0n) is 13.1. The molecule has 2 heterocycles. The fraction of sp³-hybridized carbons (Fsp3) is 0.714. The van der Waals surface area contributed by atoms with Gasteiger partial charge in [-0.1, -0.05) is 0 Å². The van der Waals surface area contributed by atoms with Gasteiger partial charge in [0, 0.05) is 44.0 Å². The van der Waals surface area contributed by atoms with E-state index in [1.807, 2.05) is 13.8 Å². The van der Waals surface area contributed by atoms with Gasteiger partial charge in [0.2, 0.25) is 5.95 Å². The molecule has 1 fully saturated rings. The number of hydrogen-bond acceptors (Lipinski definition) is 5. The second-order valence-corrected chi connectivity index (χ2v) is 6.44. The zero-order chi connectivity index (χ0) is 16.5. The molecule has 0 amide bonds. The molecule has 1 aromatic heterocycles. The Morgan fingerprint density at radius 2 is 1.73 bits per heavy atom. The summed E-state index contributed by atoms with van der Waals surface area (Å²) in [6.45, 7) is 8.88. The predicted octanol–water partition coefficient (Wildman–Crippen LogP) is 1.66. The molecule has 0 aromatic carbocycles. The lowest BCUT2D eigenvalue weighted by atomic mass is 10.1. The average molecular weight is 317 g/mol. The van der Waals surface area contributed by atoms with E-state index in [1.54, 1.807) is 11.8 Å². The van der Waals surface area contributed by atoms with Crippen molar-refractivity contribution in [3.05, 3.63) is 17.5 Å². The van der Waals surface area contributed by atoms with Crippen molar-refractivity contribution in [2.45, 2.75) is 32.5 Å². The van der Waals surface area contributed by atoms with Crippen molar-refractivity contribution in [1.29, 1.82) is 0 Å². The summed E-state index contributed by atoms with van der Waals surface area (Å²) in [7, 11) is 0. The van der Waals surface area contributed by atoms with Gasteiger partial charge in [-0.2, -0.15) is 13.2 Å². The standard InChI is InChI=1S/C14H22F3N5/c1-10-8-11(14(15,16)17)20-12(19-10)22-6-4-21(5-7-22)9-13(2,3)18/h8H,4-7,9,18H2,1-3H3. The van der Waals surface area contributed by atoms with E-state index in [0.717, 1.165) is 25.7 Å². The molecule has 1 aliphatic rings. The number of anilines is 1. The van der Waals surface area contributed by atoms with Crippen molar-refractivity contribution in [2.24, 2.45) is 5.73 Å². The molecule has 0 atom stereocenters. The molecule has 0 spiro atoms. The van der Waals surface area contributed by atoms with E-state index in [9.17, 15) is 13.2 Å². The van der Waals surface area contributed by atoms with Crippen LogP contribution in [-0.2, 0) is 6.18 Å². The highest BCUT2D eigenvalue weighted by Gasteiger charge is 2.34. The van der Waals surface area contributed by atoms with Gasteiger partial charge in [0.1, 0.15) is 5.69 Å². The maximum absolute atomic E-state index is 12.8. The van der Waals surface area contributed by atoms with Crippen LogP contribution in [0.4, 0.5) is 19.1 Å². The summed E-state index contributed by atoms with van der Waals surface area (Å²) in [5.74, 6) is 0.152. The van der Waals surface area contributed by atoms with E-state index in [-0.39, 0.29) is 11.5 Å². The first-order chi connectivity index (χ1) is 10.0. The molecule has 0 saturated carbocycles. The lowest BCUT2D eigenvalue weighted by Gasteiger charge is -2.37. The Morgan fingerprint density at radius 1 is 1.14 bits per heavy atom. The van der Waals surface area contributed by atoms with E-state index in [0.29, 0.717) is 18.8 Å². The number of rotatable bonds is 3. The molecular formula is C14H22F3N5. The van der Waals surface area contributed by atoms with Crippen LogP contribution in [0.1, 0.15) is 25.2 Å². The van der Waals surface area contributed by atoms with Gasteiger partial charge in [-0.05, 0) is 26.8 Å². The Bertz CT molecular complexity index is 516. The topological polar surface area (TPSA) is 58.3 Å². The molecule has 0 bridgehead atoms. The quantitative estimate of drug-likeness (QED) is 0.919. The van der Waals surface area contributed by atoms with Gasteiger partial charge in [-0.25, -0.2) is 9.97 Å². The molecule has 1 saturated heterocycles. The van der Waals surface area contributed by atoms with E-state index in [1.165, 1.54) is 0 Å². The first-order valence-electron chi connectivity index (χ1n) is 7.24. The van der Waals surface area contributed by atoms with Gasteiger partial charge >= 0.3 is 6.18 Å². The SMILES string of the molecule is Cc1cc(C(F)(F)F)nc(N2CCN(CC(C)(C)N)CC2)n1. The first kappa shape index (κ1) is 17.0. The van der Waals surface area contributed by atoms with Crippen LogP contribution in [0, 0.1) is 6.92 Å². The number of hydrogen-bond donors (Lipinski definition) is 1. The monoisotopic (exact) mass is 317 g/mol. The van der Waals surface area contributed by atoms with Crippen molar-refractivity contribution in [3.63, 3.8) is 0 Å². The summed E-state index contributed by atoms with van der Waals surface area (Å²) < 4.78 is 38.5. The van der Waals surface area contributed by atoms with Crippen LogP contribution in [-0.4, -0.2) is 53.1 Å². The van der Waals surface area contributed by atoms with E-state index in [4.69, 9.17) is 5.73 Å². The summed E-state index contributed by atoms with van der Waals surface area (Å²) in [5.41, 5.74) is 5.14. The normalized spacial score (nSPS) is 17.9. The van der Waals surface area contributed by atoms with Crippen LogP contribution in [0.15, 0.2) is 6.07 Å². The number of aromatic nitrogens is 2. The largest absolute Gasteiger partial charge is 0.433 e. The molecule has 2 N–H and O–H groups in total. The third kappa shape index (κ3) is 4.54. The number of halogens is 3. The molecule has 0 radical (unpaired) electrons. The minimum atomic E-state index is -4.45. The van der Waals surface area contributed by atoms with Crippen LogP contribution < -0.4 is 10.6 Å². The molecule has 22 heavy (non-hydrogen) atoms. The molecule has 1 aromatic rings. The maximum Gasteiger partial charge on any atom is 0.433 e. The van der Waals surface area contributed by atoms with E-state index in [2.05, 4.69) is 14.9 Å². The highest BCUT2D eigenvalue weighted by molar-refractivity contribution is 5.33. The van der Waals surface area contributed by atoms with Crippen molar-refractivity contribution >= 4 is 5.95 Å². The Labute approximate surface area is 128 Å². The van der Waals surface area contributed by atoms with Gasteiger partial charge in [0.25, 0.3) is 0 Å². The van der Waals surface area contributed by atoms with Crippen LogP contribution >= 0.6 is 0 Å². The van der Waals surface area contributed by atoms with Crippen molar-refractivity contribution in [2.75, 3.05) is 37.6 Å². The number of aryl methyl sites for hydroxylation is 1. The fourth-order valence-corrected chi connectivity index (χ4v) is 2.52. The van der Waals surface area contributed by atoms with Crippen LogP contribution in [0.2, 0.25) is 0 Å². The summed E-state index contributed by atoms with van der Waals surface area (Å²) in [5, 5.41) is 0. The third-order valence-corrected chi connectivity index (χ3v) is 3.42. The summed E-state index contributed by atoms with van der Waals surface area (Å²) in [6, 6.07) is 0.969. The Kier molecular flexibility index (Phi) is 4.62. The molecule has 8 heteroatoms. The molecule has 124 valence electrons. The fourth-order valence-electron chi connectivity index (χ4n) is 2.52. The number of piperazine rings is 1. The van der Waals surface area contributed by atoms with Crippen molar-refractivity contribution in [3.8, 4) is 0 Å². The van der Waals surface area contributed by atoms with Crippen molar-refractivity contribution < 1.29 is 13.2 Å². The average Bonchev–Trinajstić information content (AvgIpc) is 2.36. The van der Waals surface area contributed by atoms with Gasteiger partial charge in [-0.15, -0.1) is 0 Å². The van der Waals surface area contributed by atoms with Gasteiger partial charge in [0.15, 0.2) is 0 Å². The van der Waals surface area contributed by atoms with Crippen LogP contribution in [0.3, 0.4) is 0 Å². The molecule has 0 aliphatic carbocycles. The van der Waals surface area contributed by atoms with Crippen LogP contribution in [0.5, 0.6) is 0 Å². The predicted molar refractivity (Wildman–Crippen MR) is 78.7 cm³/mol. The second kappa shape index (κ2) is 6.00. The third-order valence-electron chi connectivity index (χ3n) is 3.42. The molecule has 5 nitrogen and oxygen atoms in total. The molecule has 0 unspecified atom stereocenters. The molecule has 1 aliphatic heterocycles. The van der Waals surface area contributed by atoms with Gasteiger partial charge < -0.3 is 10.6 Å². The maximum atomic E-state index is 12.8. The Morgan fingerprint density at radius 3 is 2.23 bits per heavy atom. The Hall–Kier alpha value is -1.41. The summed E-state index contributed by atoms with van der Waals surface area (Å²) in [6.07, 6.45) is -4.45. The summed E-state index contributed by atoms with van der Waals surface area (Å²) in [4.78, 5) is 11.8. The van der Waals surface area contributed by atoms with E-state index >= 15 is 0 Å². The lowest BCUT2D eigenvalue weighted by Crippen LogP contribution is -2.53. The number of nitrogens with zero attached hydrogens (tertiary/aromatic N) is 4. The van der Waals surface area contributed by atoms with Crippen molar-refractivity contribution in [1.82, 2.24) is 14.9 Å². The smallest absolute Gasteiger partial charge is 0.338 e. The first-order valence-corrected chi connectivity index (χ1v) is 7.24. The minimum absolute atomic E-state index is 0.152. The second-order valence-electron chi connectivity index (χ2n) is 6.44. The minimum Gasteiger partial charge on any atom is -0.338 e.